The number of hydrogen-bond donors (Lipinski definition) is 1. The second-order valence-corrected chi connectivity index (χ2v) is 11.3. The van der Waals surface area contributed by atoms with Crippen LogP contribution in [0.15, 0.2) is 71.3 Å². The van der Waals surface area contributed by atoms with Gasteiger partial charge in [-0.15, -0.1) is 0 Å². The fraction of sp³-hybridized carbons (Fsp3) is 0.387. The van der Waals surface area contributed by atoms with Gasteiger partial charge in [0.2, 0.25) is 5.89 Å². The van der Waals surface area contributed by atoms with Crippen molar-refractivity contribution in [3.05, 3.63) is 94.6 Å². The zero-order valence-corrected chi connectivity index (χ0v) is 23.1. The summed E-state index contributed by atoms with van der Waals surface area (Å²) in [6, 6.07) is 15.3. The topological polar surface area (TPSA) is 88.7 Å². The molecule has 0 saturated carbocycles. The first-order valence-corrected chi connectivity index (χ1v) is 13.7. The number of rotatable bonds is 9. The summed E-state index contributed by atoms with van der Waals surface area (Å²) in [7, 11) is 0. The molecule has 2 heterocycles. The molecular formula is C31H34ClN3O4. The maximum atomic E-state index is 11.2. The van der Waals surface area contributed by atoms with Crippen molar-refractivity contribution in [1.82, 2.24) is 15.0 Å². The molecule has 7 nitrogen and oxygen atoms in total. The molecule has 0 spiro atoms. The van der Waals surface area contributed by atoms with Gasteiger partial charge in [0, 0.05) is 17.6 Å². The van der Waals surface area contributed by atoms with E-state index in [2.05, 4.69) is 48.2 Å². The van der Waals surface area contributed by atoms with Crippen molar-refractivity contribution in [2.75, 3.05) is 26.3 Å². The largest absolute Gasteiger partial charge is 0.491 e. The smallest absolute Gasteiger partial charge is 0.240 e. The van der Waals surface area contributed by atoms with Crippen molar-refractivity contribution in [3.8, 4) is 5.75 Å². The Kier molecular flexibility index (Phi) is 8.03. The normalized spacial score (nSPS) is 21.5. The maximum absolute atomic E-state index is 11.2. The number of piperidine rings is 1. The number of aldehydes is 1. The van der Waals surface area contributed by atoms with E-state index in [0.29, 0.717) is 40.5 Å². The molecule has 1 fully saturated rings. The van der Waals surface area contributed by atoms with E-state index in [0.717, 1.165) is 43.4 Å². The van der Waals surface area contributed by atoms with Gasteiger partial charge in [-0.05, 0) is 61.2 Å². The Morgan fingerprint density at radius 3 is 2.64 bits per heavy atom. The van der Waals surface area contributed by atoms with Crippen LogP contribution in [0, 0.1) is 11.3 Å². The SMILES string of the molecule is CC1(C)C(c2ccccc2)=CC=CC1(COc1ccc(C=O)cc1Cl)c1noc(CN2CCC(CO)CC2)n1. The minimum Gasteiger partial charge on any atom is -0.491 e. The van der Waals surface area contributed by atoms with Crippen LogP contribution in [0.3, 0.4) is 0 Å². The number of nitrogens with zero attached hydrogens (tertiary/aromatic N) is 3. The second-order valence-electron chi connectivity index (χ2n) is 10.9. The van der Waals surface area contributed by atoms with Gasteiger partial charge in [-0.1, -0.05) is 79.2 Å². The Hall–Kier alpha value is -3.26. The van der Waals surface area contributed by atoms with Crippen LogP contribution in [0.5, 0.6) is 5.75 Å². The minimum atomic E-state index is -0.773. The van der Waals surface area contributed by atoms with Crippen LogP contribution in [-0.4, -0.2) is 52.7 Å². The Morgan fingerprint density at radius 1 is 1.18 bits per heavy atom. The highest BCUT2D eigenvalue weighted by Crippen LogP contribution is 2.53. The van der Waals surface area contributed by atoms with Crippen LogP contribution in [0.25, 0.3) is 5.57 Å². The fourth-order valence-corrected chi connectivity index (χ4v) is 5.85. The molecule has 3 aromatic rings. The third-order valence-electron chi connectivity index (χ3n) is 8.26. The molecule has 0 amide bonds. The van der Waals surface area contributed by atoms with Crippen LogP contribution in [0.1, 0.15) is 54.3 Å². The monoisotopic (exact) mass is 547 g/mol. The van der Waals surface area contributed by atoms with Crippen molar-refractivity contribution < 1.29 is 19.2 Å². The van der Waals surface area contributed by atoms with Gasteiger partial charge in [0.15, 0.2) is 5.82 Å². The molecule has 2 aromatic carbocycles. The Morgan fingerprint density at radius 2 is 1.95 bits per heavy atom. The third kappa shape index (κ3) is 5.44. The lowest BCUT2D eigenvalue weighted by molar-refractivity contribution is 0.112. The summed E-state index contributed by atoms with van der Waals surface area (Å²) in [4.78, 5) is 18.4. The number of likely N-dealkylation sites (tertiary alicyclic amines) is 1. The van der Waals surface area contributed by atoms with E-state index in [1.807, 2.05) is 24.3 Å². The van der Waals surface area contributed by atoms with E-state index in [1.54, 1.807) is 18.2 Å². The van der Waals surface area contributed by atoms with E-state index in [4.69, 9.17) is 25.8 Å². The molecule has 1 aliphatic heterocycles. The Balaban J connectivity index is 1.47. The summed E-state index contributed by atoms with van der Waals surface area (Å²) in [6.45, 7) is 7.13. The van der Waals surface area contributed by atoms with Gasteiger partial charge in [-0.25, -0.2) is 0 Å². The van der Waals surface area contributed by atoms with E-state index in [1.165, 1.54) is 0 Å². The lowest BCUT2D eigenvalue weighted by atomic mass is 9.58. The lowest BCUT2D eigenvalue weighted by Gasteiger charge is -2.46. The van der Waals surface area contributed by atoms with E-state index >= 15 is 0 Å². The van der Waals surface area contributed by atoms with Gasteiger partial charge in [-0.3, -0.25) is 9.69 Å². The minimum absolute atomic E-state index is 0.210. The van der Waals surface area contributed by atoms with E-state index < -0.39 is 10.8 Å². The highest BCUT2D eigenvalue weighted by atomic mass is 35.5. The van der Waals surface area contributed by atoms with Gasteiger partial charge < -0.3 is 14.4 Å². The van der Waals surface area contributed by atoms with Gasteiger partial charge in [-0.2, -0.15) is 4.98 Å². The predicted molar refractivity (Wildman–Crippen MR) is 151 cm³/mol. The van der Waals surface area contributed by atoms with Crippen LogP contribution in [0.2, 0.25) is 5.02 Å². The number of hydrogen-bond acceptors (Lipinski definition) is 7. The molecule has 1 atom stereocenters. The number of benzene rings is 2. The fourth-order valence-electron chi connectivity index (χ4n) is 5.61. The Labute approximate surface area is 234 Å². The molecule has 0 bridgehead atoms. The molecule has 1 unspecified atom stereocenters. The second kappa shape index (κ2) is 11.5. The van der Waals surface area contributed by atoms with Crippen LogP contribution in [0.4, 0.5) is 0 Å². The molecule has 1 saturated heterocycles. The third-order valence-corrected chi connectivity index (χ3v) is 8.55. The molecule has 204 valence electrons. The molecule has 5 rings (SSSR count). The van der Waals surface area contributed by atoms with Crippen molar-refractivity contribution in [2.45, 2.75) is 38.6 Å². The molecule has 1 aliphatic carbocycles. The number of carbonyl (C=O) groups is 1. The molecule has 1 aromatic heterocycles. The van der Waals surface area contributed by atoms with Crippen molar-refractivity contribution in [2.24, 2.45) is 11.3 Å². The quantitative estimate of drug-likeness (QED) is 0.342. The van der Waals surface area contributed by atoms with Gasteiger partial charge in [0.25, 0.3) is 0 Å². The summed E-state index contributed by atoms with van der Waals surface area (Å²) >= 11 is 6.46. The van der Waals surface area contributed by atoms with Crippen LogP contribution in [-0.2, 0) is 12.0 Å². The van der Waals surface area contributed by atoms with Gasteiger partial charge in [0.05, 0.1) is 17.0 Å². The van der Waals surface area contributed by atoms with E-state index in [-0.39, 0.29) is 13.2 Å². The highest BCUT2D eigenvalue weighted by molar-refractivity contribution is 6.32. The molecule has 2 aliphatic rings. The first-order chi connectivity index (χ1) is 18.9. The average molecular weight is 548 g/mol. The maximum Gasteiger partial charge on any atom is 0.240 e. The van der Waals surface area contributed by atoms with Crippen molar-refractivity contribution in [1.29, 1.82) is 0 Å². The summed E-state index contributed by atoms with van der Waals surface area (Å²) in [5.74, 6) is 1.95. The molecule has 39 heavy (non-hydrogen) atoms. The number of aromatic nitrogens is 2. The van der Waals surface area contributed by atoms with Crippen LogP contribution < -0.4 is 4.74 Å². The number of aliphatic hydroxyl groups is 1. The molecular weight excluding hydrogens is 514 g/mol. The number of halogens is 1. The summed E-state index contributed by atoms with van der Waals surface area (Å²) in [6.07, 6.45) is 8.93. The number of aliphatic hydroxyl groups excluding tert-OH is 1. The Bertz CT molecular complexity index is 1360. The van der Waals surface area contributed by atoms with Gasteiger partial charge in [0.1, 0.15) is 18.6 Å². The molecule has 0 radical (unpaired) electrons. The van der Waals surface area contributed by atoms with Crippen LogP contribution >= 0.6 is 11.6 Å². The van der Waals surface area contributed by atoms with Crippen molar-refractivity contribution >= 4 is 23.5 Å². The lowest BCUT2D eigenvalue weighted by Crippen LogP contribution is -2.48. The standard InChI is InChI=1S/C31H34ClN3O4/c1-30(2)25(24-7-4-3-5-8-24)9-6-14-31(30,21-38-27-11-10-23(20-37)17-26(27)32)29-33-28(39-34-29)18-35-15-12-22(19-36)13-16-35/h3-11,14,17,20,22,36H,12-13,15-16,18-19,21H2,1-2H3. The summed E-state index contributed by atoms with van der Waals surface area (Å²) in [5, 5.41) is 14.3. The zero-order valence-electron chi connectivity index (χ0n) is 22.3. The molecule has 1 N–H and O–H groups in total. The van der Waals surface area contributed by atoms with Crippen molar-refractivity contribution in [3.63, 3.8) is 0 Å². The first kappa shape index (κ1) is 27.3. The average Bonchev–Trinajstić information content (AvgIpc) is 3.42. The number of allylic oxidation sites excluding steroid dienone is 3. The first-order valence-electron chi connectivity index (χ1n) is 13.4. The van der Waals surface area contributed by atoms with E-state index in [9.17, 15) is 9.90 Å². The zero-order chi connectivity index (χ0) is 27.5. The number of carbonyl (C=O) groups excluding carboxylic acids is 1. The summed E-state index contributed by atoms with van der Waals surface area (Å²) in [5.41, 5.74) is 1.47. The van der Waals surface area contributed by atoms with Gasteiger partial charge >= 0.3 is 0 Å². The summed E-state index contributed by atoms with van der Waals surface area (Å²) < 4.78 is 12.2. The highest BCUT2D eigenvalue weighted by Gasteiger charge is 2.52. The molecule has 8 heteroatoms. The predicted octanol–water partition coefficient (Wildman–Crippen LogP) is 5.74. The number of ether oxygens (including phenoxy) is 1.